The highest BCUT2D eigenvalue weighted by Crippen LogP contribution is 2.23. The number of amides is 1. The van der Waals surface area contributed by atoms with E-state index >= 15 is 0 Å². The molecule has 0 spiro atoms. The highest BCUT2D eigenvalue weighted by Gasteiger charge is 2.11. The molecule has 104 valence electrons. The highest BCUT2D eigenvalue weighted by atomic mass is 35.5. The number of rotatable bonds is 3. The Morgan fingerprint density at radius 3 is 2.75 bits per heavy atom. The molecular weight excluding hydrogens is 298 g/mol. The monoisotopic (exact) mass is 309 g/mol. The number of amidine groups is 1. The van der Waals surface area contributed by atoms with Gasteiger partial charge in [0.1, 0.15) is 0 Å². The molecule has 20 heavy (non-hydrogen) atoms. The summed E-state index contributed by atoms with van der Waals surface area (Å²) in [5, 5.41) is 14.4. The van der Waals surface area contributed by atoms with Gasteiger partial charge in [-0.25, -0.2) is 0 Å². The van der Waals surface area contributed by atoms with Crippen LogP contribution in [0, 0.1) is 6.92 Å². The zero-order valence-corrected chi connectivity index (χ0v) is 12.1. The van der Waals surface area contributed by atoms with Crippen molar-refractivity contribution in [2.75, 3.05) is 5.32 Å². The third-order valence-corrected chi connectivity index (χ3v) is 3.92. The number of aryl methyl sites for hydroxylation is 1. The SMILES string of the molecule is Cc1ccc(C(N)=NO)cc1NC(=O)c1ccc(Cl)s1. The largest absolute Gasteiger partial charge is 0.409 e. The summed E-state index contributed by atoms with van der Waals surface area (Å²) in [6.45, 7) is 1.85. The normalized spacial score (nSPS) is 11.4. The average Bonchev–Trinajstić information content (AvgIpc) is 2.87. The van der Waals surface area contributed by atoms with E-state index in [0.717, 1.165) is 5.56 Å². The first-order valence-corrected chi connectivity index (χ1v) is 6.86. The number of carbonyl (C=O) groups is 1. The first-order valence-electron chi connectivity index (χ1n) is 5.66. The second-order valence-corrected chi connectivity index (χ2v) is 5.79. The van der Waals surface area contributed by atoms with Crippen LogP contribution in [0.2, 0.25) is 4.34 Å². The number of halogens is 1. The van der Waals surface area contributed by atoms with Gasteiger partial charge in [-0.15, -0.1) is 11.3 Å². The van der Waals surface area contributed by atoms with Crippen molar-refractivity contribution in [2.45, 2.75) is 6.92 Å². The quantitative estimate of drug-likeness (QED) is 0.352. The fourth-order valence-corrected chi connectivity index (χ4v) is 2.53. The second-order valence-electron chi connectivity index (χ2n) is 4.07. The van der Waals surface area contributed by atoms with Gasteiger partial charge < -0.3 is 16.3 Å². The summed E-state index contributed by atoms with van der Waals surface area (Å²) >= 11 is 7.00. The lowest BCUT2D eigenvalue weighted by Gasteiger charge is -2.09. The standard InChI is InChI=1S/C13H12ClN3O2S/c1-7-2-3-8(12(15)17-19)6-9(7)16-13(18)10-4-5-11(14)20-10/h2-6,19H,1H3,(H2,15,17)(H,16,18). The number of nitrogens with one attached hydrogen (secondary N) is 1. The average molecular weight is 310 g/mol. The molecule has 0 fully saturated rings. The number of thiophene rings is 1. The number of oxime groups is 1. The lowest BCUT2D eigenvalue weighted by molar-refractivity contribution is 0.103. The van der Waals surface area contributed by atoms with Crippen molar-refractivity contribution in [3.63, 3.8) is 0 Å². The van der Waals surface area contributed by atoms with Crippen LogP contribution in [-0.2, 0) is 0 Å². The van der Waals surface area contributed by atoms with E-state index in [1.807, 2.05) is 6.92 Å². The van der Waals surface area contributed by atoms with Crippen LogP contribution < -0.4 is 11.1 Å². The van der Waals surface area contributed by atoms with Gasteiger partial charge in [0, 0.05) is 11.3 Å². The van der Waals surface area contributed by atoms with Gasteiger partial charge in [0.05, 0.1) is 9.21 Å². The molecule has 1 amide bonds. The zero-order valence-electron chi connectivity index (χ0n) is 10.6. The predicted octanol–water partition coefficient (Wildman–Crippen LogP) is 3.06. The Balaban J connectivity index is 2.26. The summed E-state index contributed by atoms with van der Waals surface area (Å²) in [5.41, 5.74) is 7.53. The molecular formula is C13H12ClN3O2S. The van der Waals surface area contributed by atoms with Crippen LogP contribution in [0.4, 0.5) is 5.69 Å². The molecule has 7 heteroatoms. The molecule has 5 nitrogen and oxygen atoms in total. The molecule has 2 rings (SSSR count). The van der Waals surface area contributed by atoms with Gasteiger partial charge in [-0.2, -0.15) is 0 Å². The van der Waals surface area contributed by atoms with Gasteiger partial charge in [0.25, 0.3) is 5.91 Å². The van der Waals surface area contributed by atoms with Crippen molar-refractivity contribution in [3.05, 3.63) is 50.7 Å². The van der Waals surface area contributed by atoms with E-state index in [2.05, 4.69) is 10.5 Å². The maximum Gasteiger partial charge on any atom is 0.265 e. The maximum atomic E-state index is 12.1. The van der Waals surface area contributed by atoms with Crippen LogP contribution in [0.3, 0.4) is 0 Å². The van der Waals surface area contributed by atoms with Crippen molar-refractivity contribution in [2.24, 2.45) is 10.9 Å². The number of hydrogen-bond donors (Lipinski definition) is 3. The van der Waals surface area contributed by atoms with E-state index in [1.165, 1.54) is 11.3 Å². The van der Waals surface area contributed by atoms with E-state index in [1.54, 1.807) is 30.3 Å². The molecule has 0 bridgehead atoms. The summed E-state index contributed by atoms with van der Waals surface area (Å²) < 4.78 is 0.553. The summed E-state index contributed by atoms with van der Waals surface area (Å²) in [4.78, 5) is 12.6. The molecule has 4 N–H and O–H groups in total. The van der Waals surface area contributed by atoms with Crippen molar-refractivity contribution >= 4 is 40.4 Å². The molecule has 0 unspecified atom stereocenters. The second kappa shape index (κ2) is 5.94. The number of hydrogen-bond acceptors (Lipinski definition) is 4. The first-order chi connectivity index (χ1) is 9.51. The van der Waals surface area contributed by atoms with Crippen molar-refractivity contribution < 1.29 is 10.0 Å². The topological polar surface area (TPSA) is 87.7 Å². The molecule has 0 atom stereocenters. The minimum atomic E-state index is -0.248. The molecule has 0 saturated heterocycles. The lowest BCUT2D eigenvalue weighted by atomic mass is 10.1. The van der Waals surface area contributed by atoms with Crippen LogP contribution in [-0.4, -0.2) is 17.0 Å². The van der Waals surface area contributed by atoms with Gasteiger partial charge in [0.15, 0.2) is 5.84 Å². The minimum Gasteiger partial charge on any atom is -0.409 e. The summed E-state index contributed by atoms with van der Waals surface area (Å²) in [6, 6.07) is 8.47. The van der Waals surface area contributed by atoms with E-state index in [9.17, 15) is 4.79 Å². The molecule has 1 aromatic heterocycles. The molecule has 1 heterocycles. The number of carbonyl (C=O) groups excluding carboxylic acids is 1. The molecule has 0 radical (unpaired) electrons. The third-order valence-electron chi connectivity index (χ3n) is 2.69. The Morgan fingerprint density at radius 1 is 1.40 bits per heavy atom. The fourth-order valence-electron chi connectivity index (χ4n) is 1.59. The summed E-state index contributed by atoms with van der Waals surface area (Å²) in [7, 11) is 0. The van der Waals surface area contributed by atoms with Crippen molar-refractivity contribution in [1.29, 1.82) is 0 Å². The maximum absolute atomic E-state index is 12.1. The molecule has 0 aliphatic rings. The predicted molar refractivity (Wildman–Crippen MR) is 81.0 cm³/mol. The third kappa shape index (κ3) is 3.09. The molecule has 0 aliphatic carbocycles. The van der Waals surface area contributed by atoms with Crippen LogP contribution >= 0.6 is 22.9 Å². The Kier molecular flexibility index (Phi) is 4.26. The van der Waals surface area contributed by atoms with Crippen molar-refractivity contribution in [1.82, 2.24) is 0 Å². The van der Waals surface area contributed by atoms with Gasteiger partial charge in [0.2, 0.25) is 0 Å². The highest BCUT2D eigenvalue weighted by molar-refractivity contribution is 7.18. The summed E-state index contributed by atoms with van der Waals surface area (Å²) in [5.74, 6) is -0.263. The van der Waals surface area contributed by atoms with Gasteiger partial charge in [-0.05, 0) is 30.7 Å². The fraction of sp³-hybridized carbons (Fsp3) is 0.0769. The molecule has 0 saturated carbocycles. The van der Waals surface area contributed by atoms with Gasteiger partial charge in [-0.3, -0.25) is 4.79 Å². The zero-order chi connectivity index (χ0) is 14.7. The smallest absolute Gasteiger partial charge is 0.265 e. The van der Waals surface area contributed by atoms with Gasteiger partial charge in [-0.1, -0.05) is 28.9 Å². The Morgan fingerprint density at radius 2 is 2.15 bits per heavy atom. The van der Waals surface area contributed by atoms with Gasteiger partial charge >= 0.3 is 0 Å². The molecule has 1 aromatic carbocycles. The van der Waals surface area contributed by atoms with Crippen molar-refractivity contribution in [3.8, 4) is 0 Å². The number of benzene rings is 1. The van der Waals surface area contributed by atoms with E-state index in [0.29, 0.717) is 20.5 Å². The minimum absolute atomic E-state index is 0.0142. The van der Waals surface area contributed by atoms with Crippen LogP contribution in [0.15, 0.2) is 35.5 Å². The van der Waals surface area contributed by atoms with E-state index in [4.69, 9.17) is 22.5 Å². The number of anilines is 1. The van der Waals surface area contributed by atoms with Crippen LogP contribution in [0.5, 0.6) is 0 Å². The Hall–Kier alpha value is -2.05. The van der Waals surface area contributed by atoms with E-state index < -0.39 is 0 Å². The van der Waals surface area contributed by atoms with E-state index in [-0.39, 0.29) is 11.7 Å². The Bertz CT molecular complexity index is 682. The first kappa shape index (κ1) is 14.4. The number of nitrogens with two attached hydrogens (primary N) is 1. The van der Waals surface area contributed by atoms with Crippen LogP contribution in [0.25, 0.3) is 0 Å². The number of nitrogens with zero attached hydrogens (tertiary/aromatic N) is 1. The summed E-state index contributed by atoms with van der Waals surface area (Å²) in [6.07, 6.45) is 0. The Labute approximate surface area is 124 Å². The van der Waals surface area contributed by atoms with Crippen LogP contribution in [0.1, 0.15) is 20.8 Å². The lowest BCUT2D eigenvalue weighted by Crippen LogP contribution is -2.15. The molecule has 2 aromatic rings. The molecule has 0 aliphatic heterocycles.